The summed E-state index contributed by atoms with van der Waals surface area (Å²) in [6.45, 7) is 1.88. The second-order valence-corrected chi connectivity index (χ2v) is 6.97. The molecule has 1 fully saturated rings. The minimum absolute atomic E-state index is 0.0738. The van der Waals surface area contributed by atoms with Crippen LogP contribution in [0.2, 0.25) is 10.0 Å². The van der Waals surface area contributed by atoms with Crippen LogP contribution in [0.15, 0.2) is 42.5 Å². The van der Waals surface area contributed by atoms with E-state index in [-0.39, 0.29) is 28.8 Å². The summed E-state index contributed by atoms with van der Waals surface area (Å²) in [6, 6.07) is 12.2. The number of carbonyl (C=O) groups is 2. The van der Waals surface area contributed by atoms with Crippen LogP contribution in [-0.4, -0.2) is 11.8 Å². The van der Waals surface area contributed by atoms with E-state index < -0.39 is 0 Å². The molecule has 2 N–H and O–H groups in total. The summed E-state index contributed by atoms with van der Waals surface area (Å²) in [6.07, 6.45) is 1.94. The summed E-state index contributed by atoms with van der Waals surface area (Å²) in [7, 11) is 0. The monoisotopic (exact) mass is 376 g/mol. The van der Waals surface area contributed by atoms with Gasteiger partial charge in [0.15, 0.2) is 0 Å². The highest BCUT2D eigenvalue weighted by Gasteiger charge is 2.29. The maximum absolute atomic E-state index is 12.4. The van der Waals surface area contributed by atoms with Crippen molar-refractivity contribution in [1.82, 2.24) is 5.32 Å². The highest BCUT2D eigenvalue weighted by atomic mass is 35.5. The average molecular weight is 377 g/mol. The minimum Gasteiger partial charge on any atom is -0.345 e. The van der Waals surface area contributed by atoms with Crippen molar-refractivity contribution >= 4 is 40.7 Å². The van der Waals surface area contributed by atoms with Gasteiger partial charge in [-0.3, -0.25) is 9.59 Å². The van der Waals surface area contributed by atoms with E-state index >= 15 is 0 Å². The summed E-state index contributed by atoms with van der Waals surface area (Å²) < 4.78 is 0. The number of anilines is 1. The Hall–Kier alpha value is -2.04. The Kier molecular flexibility index (Phi) is 5.30. The number of nitrogens with one attached hydrogen (secondary N) is 2. The van der Waals surface area contributed by atoms with Crippen molar-refractivity contribution in [1.29, 1.82) is 0 Å². The first-order chi connectivity index (χ1) is 12.0. The van der Waals surface area contributed by atoms with Crippen molar-refractivity contribution in [3.63, 3.8) is 0 Å². The molecule has 1 aliphatic rings. The molecular formula is C19H18Cl2N2O2. The molecule has 0 aromatic heterocycles. The van der Waals surface area contributed by atoms with E-state index in [1.54, 1.807) is 18.2 Å². The maximum Gasteiger partial charge on any atom is 0.253 e. The average Bonchev–Trinajstić information content (AvgIpc) is 3.43. The number of rotatable bonds is 5. The zero-order chi connectivity index (χ0) is 18.0. The molecule has 1 aliphatic carbocycles. The topological polar surface area (TPSA) is 58.2 Å². The van der Waals surface area contributed by atoms with Gasteiger partial charge >= 0.3 is 0 Å². The van der Waals surface area contributed by atoms with Gasteiger partial charge in [-0.05, 0) is 49.6 Å². The third-order valence-electron chi connectivity index (χ3n) is 4.17. The molecule has 0 radical (unpaired) electrons. The third kappa shape index (κ3) is 4.33. The number of carbonyl (C=O) groups excluding carboxylic acids is 2. The molecule has 0 spiro atoms. The standard InChI is InChI=1S/C19H18Cl2N2O2/c1-11(22-19(25)15-3-2-4-16(20)17(15)21)12-7-9-14(10-8-12)23-18(24)13-5-6-13/h2-4,7-11,13H,5-6H2,1H3,(H,22,25)(H,23,24). The van der Waals surface area contributed by atoms with Crippen molar-refractivity contribution in [2.75, 3.05) is 5.32 Å². The lowest BCUT2D eigenvalue weighted by Gasteiger charge is -2.16. The van der Waals surface area contributed by atoms with Crippen molar-refractivity contribution < 1.29 is 9.59 Å². The summed E-state index contributed by atoms with van der Waals surface area (Å²) >= 11 is 12.0. The first-order valence-corrected chi connectivity index (χ1v) is 8.87. The number of hydrogen-bond donors (Lipinski definition) is 2. The third-order valence-corrected chi connectivity index (χ3v) is 4.99. The van der Waals surface area contributed by atoms with E-state index in [1.165, 1.54) is 0 Å². The molecule has 3 rings (SSSR count). The lowest BCUT2D eigenvalue weighted by Crippen LogP contribution is -2.27. The quantitative estimate of drug-likeness (QED) is 0.784. The molecule has 130 valence electrons. The van der Waals surface area contributed by atoms with E-state index in [1.807, 2.05) is 31.2 Å². The fourth-order valence-electron chi connectivity index (χ4n) is 2.48. The van der Waals surface area contributed by atoms with E-state index in [2.05, 4.69) is 10.6 Å². The van der Waals surface area contributed by atoms with Gasteiger partial charge in [-0.25, -0.2) is 0 Å². The molecular weight excluding hydrogens is 359 g/mol. The SMILES string of the molecule is CC(NC(=O)c1cccc(Cl)c1Cl)c1ccc(NC(=O)C2CC2)cc1. The fourth-order valence-corrected chi connectivity index (χ4v) is 2.87. The lowest BCUT2D eigenvalue weighted by molar-refractivity contribution is -0.117. The van der Waals surface area contributed by atoms with Gasteiger partial charge < -0.3 is 10.6 Å². The maximum atomic E-state index is 12.4. The summed E-state index contributed by atoms with van der Waals surface area (Å²) in [5.41, 5.74) is 2.03. The molecule has 0 saturated heterocycles. The zero-order valence-corrected chi connectivity index (χ0v) is 15.2. The Labute approximate surface area is 156 Å². The number of halogens is 2. The van der Waals surface area contributed by atoms with Gasteiger partial charge in [-0.2, -0.15) is 0 Å². The Morgan fingerprint density at radius 1 is 1.08 bits per heavy atom. The predicted molar refractivity (Wildman–Crippen MR) is 100 cm³/mol. The molecule has 0 heterocycles. The Morgan fingerprint density at radius 2 is 1.76 bits per heavy atom. The highest BCUT2D eigenvalue weighted by Crippen LogP contribution is 2.30. The molecule has 2 amide bonds. The summed E-state index contributed by atoms with van der Waals surface area (Å²) in [5.74, 6) is -0.0452. The van der Waals surface area contributed by atoms with E-state index in [0.29, 0.717) is 10.6 Å². The summed E-state index contributed by atoms with van der Waals surface area (Å²) in [5, 5.41) is 6.38. The van der Waals surface area contributed by atoms with Gasteiger partial charge in [0, 0.05) is 11.6 Å². The number of benzene rings is 2. The van der Waals surface area contributed by atoms with Crippen LogP contribution in [0.5, 0.6) is 0 Å². The van der Waals surface area contributed by atoms with Crippen molar-refractivity contribution in [3.8, 4) is 0 Å². The molecule has 1 saturated carbocycles. The fraction of sp³-hybridized carbons (Fsp3) is 0.263. The van der Waals surface area contributed by atoms with Gasteiger partial charge in [-0.1, -0.05) is 41.4 Å². The summed E-state index contributed by atoms with van der Waals surface area (Å²) in [4.78, 5) is 24.1. The second kappa shape index (κ2) is 7.46. The molecule has 25 heavy (non-hydrogen) atoms. The van der Waals surface area contributed by atoms with Crippen molar-refractivity contribution in [3.05, 3.63) is 63.6 Å². The lowest BCUT2D eigenvalue weighted by atomic mass is 10.1. The molecule has 0 aliphatic heterocycles. The van der Waals surface area contributed by atoms with Gasteiger partial charge in [-0.15, -0.1) is 0 Å². The van der Waals surface area contributed by atoms with E-state index in [0.717, 1.165) is 24.1 Å². The van der Waals surface area contributed by atoms with Crippen LogP contribution >= 0.6 is 23.2 Å². The van der Waals surface area contributed by atoms with E-state index in [9.17, 15) is 9.59 Å². The van der Waals surface area contributed by atoms with Crippen LogP contribution in [0.25, 0.3) is 0 Å². The Morgan fingerprint density at radius 3 is 2.40 bits per heavy atom. The number of hydrogen-bond acceptors (Lipinski definition) is 2. The molecule has 2 aromatic carbocycles. The zero-order valence-electron chi connectivity index (χ0n) is 13.7. The van der Waals surface area contributed by atoms with Crippen molar-refractivity contribution in [2.45, 2.75) is 25.8 Å². The Bertz CT molecular complexity index is 802. The normalized spacial score (nSPS) is 14.7. The van der Waals surface area contributed by atoms with Crippen LogP contribution in [0, 0.1) is 5.92 Å². The van der Waals surface area contributed by atoms with Crippen LogP contribution < -0.4 is 10.6 Å². The molecule has 4 nitrogen and oxygen atoms in total. The van der Waals surface area contributed by atoms with Gasteiger partial charge in [0.2, 0.25) is 5.91 Å². The van der Waals surface area contributed by atoms with Gasteiger partial charge in [0.05, 0.1) is 21.7 Å². The van der Waals surface area contributed by atoms with Gasteiger partial charge in [0.1, 0.15) is 0 Å². The Balaban J connectivity index is 1.64. The predicted octanol–water partition coefficient (Wildman–Crippen LogP) is 4.83. The molecule has 2 aromatic rings. The van der Waals surface area contributed by atoms with Crippen molar-refractivity contribution in [2.24, 2.45) is 5.92 Å². The minimum atomic E-state index is -0.286. The molecule has 1 atom stereocenters. The van der Waals surface area contributed by atoms with Crippen LogP contribution in [0.4, 0.5) is 5.69 Å². The first-order valence-electron chi connectivity index (χ1n) is 8.11. The molecule has 0 bridgehead atoms. The van der Waals surface area contributed by atoms with Crippen LogP contribution in [0.1, 0.15) is 41.7 Å². The van der Waals surface area contributed by atoms with Gasteiger partial charge in [0.25, 0.3) is 5.91 Å². The highest BCUT2D eigenvalue weighted by molar-refractivity contribution is 6.43. The largest absolute Gasteiger partial charge is 0.345 e. The first kappa shape index (κ1) is 17.8. The van der Waals surface area contributed by atoms with E-state index in [4.69, 9.17) is 23.2 Å². The second-order valence-electron chi connectivity index (χ2n) is 6.18. The molecule has 1 unspecified atom stereocenters. The molecule has 6 heteroatoms. The van der Waals surface area contributed by atoms with Crippen LogP contribution in [-0.2, 0) is 4.79 Å². The van der Waals surface area contributed by atoms with Crippen LogP contribution in [0.3, 0.4) is 0 Å². The number of amides is 2. The smallest absolute Gasteiger partial charge is 0.253 e.